The van der Waals surface area contributed by atoms with Crippen LogP contribution < -0.4 is 10.6 Å². The molecule has 0 aliphatic carbocycles. The Labute approximate surface area is 88.3 Å². The number of aliphatic hydroxyl groups is 1. The van der Waals surface area contributed by atoms with Gasteiger partial charge in [-0.1, -0.05) is 12.1 Å². The quantitative estimate of drug-likeness (QED) is 0.646. The molecule has 4 nitrogen and oxygen atoms in total. The maximum atomic E-state index is 11.7. The fourth-order valence-electron chi connectivity index (χ4n) is 1.64. The normalized spacial score (nSPS) is 20.2. The highest BCUT2D eigenvalue weighted by Gasteiger charge is 2.36. The number of anilines is 2. The van der Waals surface area contributed by atoms with Crippen molar-refractivity contribution >= 4 is 17.3 Å². The van der Waals surface area contributed by atoms with Crippen LogP contribution in [0.4, 0.5) is 11.4 Å². The van der Waals surface area contributed by atoms with Gasteiger partial charge in [0.25, 0.3) is 0 Å². The third kappa shape index (κ3) is 1.80. The van der Waals surface area contributed by atoms with E-state index in [0.717, 1.165) is 11.4 Å². The molecule has 0 bridgehead atoms. The van der Waals surface area contributed by atoms with E-state index >= 15 is 0 Å². The second-order valence-electron chi connectivity index (χ2n) is 4.27. The first-order chi connectivity index (χ1) is 6.98. The Morgan fingerprint density at radius 1 is 1.27 bits per heavy atom. The van der Waals surface area contributed by atoms with Gasteiger partial charge in [0.2, 0.25) is 5.91 Å². The van der Waals surface area contributed by atoms with Crippen molar-refractivity contribution in [3.8, 4) is 0 Å². The van der Waals surface area contributed by atoms with Crippen molar-refractivity contribution in [2.24, 2.45) is 0 Å². The second-order valence-corrected chi connectivity index (χ2v) is 4.27. The molecular formula is C11H14N2O2. The standard InChI is InChI=1S/C11H14N2O2/c1-11(2,15)9-10(14)13-8-6-4-3-5-7(8)12-9/h3-6,9,12,15H,1-2H3,(H,13,14)/t9-/m1/s1. The summed E-state index contributed by atoms with van der Waals surface area (Å²) in [5, 5.41) is 15.6. The van der Waals surface area contributed by atoms with Crippen molar-refractivity contribution in [3.63, 3.8) is 0 Å². The van der Waals surface area contributed by atoms with Crippen LogP contribution in [0, 0.1) is 0 Å². The molecule has 0 unspecified atom stereocenters. The molecule has 4 heteroatoms. The predicted octanol–water partition coefficient (Wildman–Crippen LogP) is 1.19. The lowest BCUT2D eigenvalue weighted by Gasteiger charge is -2.34. The number of fused-ring (bicyclic) bond motifs is 1. The molecule has 1 aliphatic heterocycles. The predicted molar refractivity (Wildman–Crippen MR) is 58.8 cm³/mol. The molecular weight excluding hydrogens is 192 g/mol. The van der Waals surface area contributed by atoms with Gasteiger partial charge in [0.15, 0.2) is 0 Å². The van der Waals surface area contributed by atoms with Gasteiger partial charge in [-0.05, 0) is 26.0 Å². The molecule has 1 heterocycles. The Morgan fingerprint density at radius 2 is 1.87 bits per heavy atom. The summed E-state index contributed by atoms with van der Waals surface area (Å²) in [7, 11) is 0. The molecule has 0 saturated heterocycles. The number of carbonyl (C=O) groups excluding carboxylic acids is 1. The third-order valence-electron chi connectivity index (χ3n) is 2.45. The molecule has 15 heavy (non-hydrogen) atoms. The molecule has 1 amide bonds. The number of rotatable bonds is 1. The Bertz CT molecular complexity index is 396. The van der Waals surface area contributed by atoms with Crippen molar-refractivity contribution in [1.82, 2.24) is 0 Å². The van der Waals surface area contributed by atoms with E-state index in [1.54, 1.807) is 13.8 Å². The SMILES string of the molecule is CC(C)(O)[C@@H]1Nc2ccccc2NC1=O. The maximum absolute atomic E-state index is 11.7. The van der Waals surface area contributed by atoms with Crippen LogP contribution in [-0.2, 0) is 4.79 Å². The summed E-state index contributed by atoms with van der Waals surface area (Å²) in [5.41, 5.74) is 0.504. The molecule has 2 rings (SSSR count). The molecule has 80 valence electrons. The first kappa shape index (κ1) is 9.98. The first-order valence-electron chi connectivity index (χ1n) is 4.87. The summed E-state index contributed by atoms with van der Waals surface area (Å²) < 4.78 is 0. The van der Waals surface area contributed by atoms with Gasteiger partial charge in [0.1, 0.15) is 6.04 Å². The number of benzene rings is 1. The van der Waals surface area contributed by atoms with Crippen molar-refractivity contribution in [3.05, 3.63) is 24.3 Å². The lowest BCUT2D eigenvalue weighted by Crippen LogP contribution is -2.52. The van der Waals surface area contributed by atoms with Crippen LogP contribution in [0.3, 0.4) is 0 Å². The summed E-state index contributed by atoms with van der Waals surface area (Å²) in [6.45, 7) is 3.22. The molecule has 0 saturated carbocycles. The molecule has 1 aromatic carbocycles. The van der Waals surface area contributed by atoms with E-state index in [2.05, 4.69) is 10.6 Å². The van der Waals surface area contributed by atoms with Crippen molar-refractivity contribution in [1.29, 1.82) is 0 Å². The van der Waals surface area contributed by atoms with Crippen molar-refractivity contribution in [2.45, 2.75) is 25.5 Å². The molecule has 1 atom stereocenters. The summed E-state index contributed by atoms with van der Waals surface area (Å²) in [5.74, 6) is -0.207. The number of hydrogen-bond acceptors (Lipinski definition) is 3. The van der Waals surface area contributed by atoms with Gasteiger partial charge < -0.3 is 15.7 Å². The molecule has 1 aliphatic rings. The molecule has 0 spiro atoms. The van der Waals surface area contributed by atoms with Gasteiger partial charge >= 0.3 is 0 Å². The molecule has 3 N–H and O–H groups in total. The fourth-order valence-corrected chi connectivity index (χ4v) is 1.64. The molecule has 0 fully saturated rings. The minimum atomic E-state index is -1.09. The lowest BCUT2D eigenvalue weighted by atomic mass is 9.96. The minimum absolute atomic E-state index is 0.207. The summed E-state index contributed by atoms with van der Waals surface area (Å²) >= 11 is 0. The lowest BCUT2D eigenvalue weighted by molar-refractivity contribution is -0.121. The van der Waals surface area contributed by atoms with E-state index in [-0.39, 0.29) is 5.91 Å². The second kappa shape index (κ2) is 3.24. The summed E-state index contributed by atoms with van der Waals surface area (Å²) in [6, 6.07) is 6.80. The fraction of sp³-hybridized carbons (Fsp3) is 0.364. The van der Waals surface area contributed by atoms with Crippen LogP contribution in [-0.4, -0.2) is 22.7 Å². The highest BCUT2D eigenvalue weighted by molar-refractivity contribution is 6.03. The van der Waals surface area contributed by atoms with Crippen LogP contribution in [0.15, 0.2) is 24.3 Å². The summed E-state index contributed by atoms with van der Waals surface area (Å²) in [4.78, 5) is 11.7. The number of nitrogens with one attached hydrogen (secondary N) is 2. The Kier molecular flexibility index (Phi) is 2.16. The number of para-hydroxylation sites is 2. The average molecular weight is 206 g/mol. The highest BCUT2D eigenvalue weighted by Crippen LogP contribution is 2.28. The zero-order valence-electron chi connectivity index (χ0n) is 8.74. The Hall–Kier alpha value is -1.55. The van der Waals surface area contributed by atoms with Crippen LogP contribution in [0.1, 0.15) is 13.8 Å². The van der Waals surface area contributed by atoms with E-state index in [9.17, 15) is 9.90 Å². The van der Waals surface area contributed by atoms with Crippen LogP contribution >= 0.6 is 0 Å². The molecule has 0 aromatic heterocycles. The molecule has 0 radical (unpaired) electrons. The zero-order chi connectivity index (χ0) is 11.1. The number of hydrogen-bond donors (Lipinski definition) is 3. The van der Waals surface area contributed by atoms with Gasteiger partial charge in [-0.2, -0.15) is 0 Å². The van der Waals surface area contributed by atoms with Crippen LogP contribution in [0.2, 0.25) is 0 Å². The minimum Gasteiger partial charge on any atom is -0.388 e. The van der Waals surface area contributed by atoms with E-state index in [0.29, 0.717) is 0 Å². The van der Waals surface area contributed by atoms with Crippen molar-refractivity contribution < 1.29 is 9.90 Å². The monoisotopic (exact) mass is 206 g/mol. The topological polar surface area (TPSA) is 61.4 Å². The highest BCUT2D eigenvalue weighted by atomic mass is 16.3. The maximum Gasteiger partial charge on any atom is 0.249 e. The number of carbonyl (C=O) groups is 1. The first-order valence-corrected chi connectivity index (χ1v) is 4.87. The van der Waals surface area contributed by atoms with Gasteiger partial charge in [-0.15, -0.1) is 0 Å². The van der Waals surface area contributed by atoms with Gasteiger partial charge in [0, 0.05) is 0 Å². The van der Waals surface area contributed by atoms with Gasteiger partial charge in [-0.25, -0.2) is 0 Å². The Balaban J connectivity index is 2.34. The zero-order valence-corrected chi connectivity index (χ0v) is 8.74. The summed E-state index contributed by atoms with van der Waals surface area (Å²) in [6.07, 6.45) is 0. The van der Waals surface area contributed by atoms with Gasteiger partial charge in [0.05, 0.1) is 17.0 Å². The van der Waals surface area contributed by atoms with Gasteiger partial charge in [-0.3, -0.25) is 4.79 Å². The Morgan fingerprint density at radius 3 is 2.47 bits per heavy atom. The van der Waals surface area contributed by atoms with E-state index in [4.69, 9.17) is 0 Å². The average Bonchev–Trinajstić information content (AvgIpc) is 2.15. The van der Waals surface area contributed by atoms with E-state index in [1.165, 1.54) is 0 Å². The van der Waals surface area contributed by atoms with Crippen LogP contribution in [0.25, 0.3) is 0 Å². The largest absolute Gasteiger partial charge is 0.388 e. The third-order valence-corrected chi connectivity index (χ3v) is 2.45. The smallest absolute Gasteiger partial charge is 0.249 e. The molecule has 1 aromatic rings. The van der Waals surface area contributed by atoms with Crippen molar-refractivity contribution in [2.75, 3.05) is 10.6 Å². The van der Waals surface area contributed by atoms with E-state index in [1.807, 2.05) is 24.3 Å². The number of amides is 1. The van der Waals surface area contributed by atoms with E-state index < -0.39 is 11.6 Å². The van der Waals surface area contributed by atoms with Crippen LogP contribution in [0.5, 0.6) is 0 Å².